The van der Waals surface area contributed by atoms with Crippen LogP contribution in [0.2, 0.25) is 0 Å². The maximum atomic E-state index is 13.6. The molecule has 1 atom stereocenters. The van der Waals surface area contributed by atoms with Crippen molar-refractivity contribution in [2.75, 3.05) is 19.1 Å². The van der Waals surface area contributed by atoms with Gasteiger partial charge in [-0.15, -0.1) is 0 Å². The van der Waals surface area contributed by atoms with Gasteiger partial charge in [0.15, 0.2) is 0 Å². The van der Waals surface area contributed by atoms with Gasteiger partial charge >= 0.3 is 0 Å². The van der Waals surface area contributed by atoms with E-state index in [1.54, 1.807) is 54.9 Å². The van der Waals surface area contributed by atoms with E-state index in [0.717, 1.165) is 5.56 Å². The predicted molar refractivity (Wildman–Crippen MR) is 120 cm³/mol. The van der Waals surface area contributed by atoms with E-state index in [1.807, 2.05) is 0 Å². The second-order valence-corrected chi connectivity index (χ2v) is 8.09. The molecule has 0 saturated carbocycles. The maximum absolute atomic E-state index is 13.6. The second-order valence-electron chi connectivity index (χ2n) is 8.09. The maximum Gasteiger partial charge on any atom is 0.277 e. The highest BCUT2D eigenvalue weighted by Crippen LogP contribution is 2.39. The number of nitrogens with one attached hydrogen (secondary N) is 1. The number of rotatable bonds is 6. The van der Waals surface area contributed by atoms with Crippen LogP contribution in [0.4, 0.5) is 10.1 Å². The number of amides is 2. The molecule has 33 heavy (non-hydrogen) atoms. The molecule has 1 N–H and O–H groups in total. The topological polar surface area (TPSA) is 85.7 Å². The van der Waals surface area contributed by atoms with E-state index in [-0.39, 0.29) is 30.7 Å². The molecule has 0 unspecified atom stereocenters. The summed E-state index contributed by atoms with van der Waals surface area (Å²) in [5.74, 6) is -0.149. The molecule has 0 fully saturated rings. The van der Waals surface area contributed by atoms with Crippen LogP contribution in [0.15, 0.2) is 48.5 Å². The van der Waals surface area contributed by atoms with E-state index < -0.39 is 5.54 Å². The van der Waals surface area contributed by atoms with Gasteiger partial charge in [-0.2, -0.15) is 5.10 Å². The highest BCUT2D eigenvalue weighted by molar-refractivity contribution is 6.12. The van der Waals surface area contributed by atoms with Crippen molar-refractivity contribution < 1.29 is 23.5 Å². The summed E-state index contributed by atoms with van der Waals surface area (Å²) in [5, 5.41) is 7.29. The molecule has 8 nitrogen and oxygen atoms in total. The van der Waals surface area contributed by atoms with Gasteiger partial charge in [-0.3, -0.25) is 19.2 Å². The zero-order valence-electron chi connectivity index (χ0n) is 18.9. The average molecular weight is 452 g/mol. The molecule has 1 aliphatic heterocycles. The molecule has 2 amide bonds. The summed E-state index contributed by atoms with van der Waals surface area (Å²) >= 11 is 0. The van der Waals surface area contributed by atoms with Crippen LogP contribution in [-0.4, -0.2) is 41.4 Å². The van der Waals surface area contributed by atoms with Crippen LogP contribution in [-0.2, 0) is 17.9 Å². The number of aryl methyl sites for hydroxylation is 1. The molecule has 2 heterocycles. The minimum atomic E-state index is -1.32. The van der Waals surface area contributed by atoms with Crippen LogP contribution < -0.4 is 19.7 Å². The Bertz CT molecular complexity index is 1210. The Balaban J connectivity index is 1.75. The fraction of sp³-hybridized carbons (Fsp3) is 0.292. The first kappa shape index (κ1) is 22.3. The van der Waals surface area contributed by atoms with Gasteiger partial charge in [0.2, 0.25) is 5.91 Å². The van der Waals surface area contributed by atoms with Gasteiger partial charge < -0.3 is 14.8 Å². The lowest BCUT2D eigenvalue weighted by Gasteiger charge is -2.43. The van der Waals surface area contributed by atoms with E-state index in [4.69, 9.17) is 9.47 Å². The minimum absolute atomic E-state index is 0.145. The number of ether oxygens (including phenoxy) is 2. The van der Waals surface area contributed by atoms with Gasteiger partial charge in [0, 0.05) is 12.6 Å². The van der Waals surface area contributed by atoms with Crippen LogP contribution in [0.25, 0.3) is 0 Å². The number of hydrogen-bond acceptors (Lipinski definition) is 5. The van der Waals surface area contributed by atoms with Crippen molar-refractivity contribution in [1.82, 2.24) is 15.1 Å². The lowest BCUT2D eigenvalue weighted by atomic mass is 9.93. The smallest absolute Gasteiger partial charge is 0.277 e. The van der Waals surface area contributed by atoms with E-state index in [0.29, 0.717) is 28.6 Å². The van der Waals surface area contributed by atoms with Gasteiger partial charge in [-0.25, -0.2) is 4.39 Å². The normalized spacial score (nSPS) is 17.5. The molecule has 9 heteroatoms. The van der Waals surface area contributed by atoms with Gasteiger partial charge in [-0.05, 0) is 49.7 Å². The van der Waals surface area contributed by atoms with Crippen LogP contribution in [0.5, 0.6) is 11.5 Å². The Morgan fingerprint density at radius 2 is 1.88 bits per heavy atom. The third-order valence-corrected chi connectivity index (χ3v) is 5.76. The second kappa shape index (κ2) is 8.57. The van der Waals surface area contributed by atoms with E-state index in [9.17, 15) is 14.0 Å². The molecule has 0 radical (unpaired) electrons. The quantitative estimate of drug-likeness (QED) is 0.621. The Morgan fingerprint density at radius 1 is 1.15 bits per heavy atom. The Labute approximate surface area is 190 Å². The zero-order chi connectivity index (χ0) is 23.8. The monoisotopic (exact) mass is 452 g/mol. The first-order valence-corrected chi connectivity index (χ1v) is 10.4. The number of halogens is 1. The van der Waals surface area contributed by atoms with Crippen LogP contribution in [0.1, 0.15) is 28.7 Å². The van der Waals surface area contributed by atoms with Crippen LogP contribution in [0.3, 0.4) is 0 Å². The van der Waals surface area contributed by atoms with Crippen molar-refractivity contribution in [3.8, 4) is 11.5 Å². The summed E-state index contributed by atoms with van der Waals surface area (Å²) in [7, 11) is 3.03. The van der Waals surface area contributed by atoms with Crippen LogP contribution >= 0.6 is 0 Å². The van der Waals surface area contributed by atoms with E-state index in [1.165, 1.54) is 31.3 Å². The third-order valence-electron chi connectivity index (χ3n) is 5.76. The van der Waals surface area contributed by atoms with E-state index in [2.05, 4.69) is 10.4 Å². The number of fused-ring (bicyclic) bond motifs is 1. The molecule has 0 aliphatic carbocycles. The lowest BCUT2D eigenvalue weighted by molar-refractivity contribution is -0.126. The van der Waals surface area contributed by atoms with Gasteiger partial charge in [0.05, 0.1) is 32.1 Å². The van der Waals surface area contributed by atoms with Crippen LogP contribution in [0, 0.1) is 12.7 Å². The number of benzene rings is 2. The van der Waals surface area contributed by atoms with Crippen molar-refractivity contribution >= 4 is 17.5 Å². The number of hydrogen-bond donors (Lipinski definition) is 1. The Morgan fingerprint density at radius 3 is 2.55 bits per heavy atom. The minimum Gasteiger partial charge on any atom is -0.497 e. The highest BCUT2D eigenvalue weighted by atomic mass is 19.1. The first-order chi connectivity index (χ1) is 15.8. The molecule has 0 bridgehead atoms. The van der Waals surface area contributed by atoms with E-state index >= 15 is 0 Å². The van der Waals surface area contributed by atoms with Crippen molar-refractivity contribution in [1.29, 1.82) is 0 Å². The molecule has 0 spiro atoms. The molecule has 1 aliphatic rings. The Hall–Kier alpha value is -3.88. The van der Waals surface area contributed by atoms with Crippen molar-refractivity contribution in [3.63, 3.8) is 0 Å². The van der Waals surface area contributed by atoms with Gasteiger partial charge in [0.25, 0.3) is 5.91 Å². The number of methoxy groups -OCH3 is 2. The molecular formula is C24H25FN4O4. The number of nitrogens with zero attached hydrogens (tertiary/aromatic N) is 3. The van der Waals surface area contributed by atoms with Crippen molar-refractivity contribution in [3.05, 3.63) is 71.3 Å². The van der Waals surface area contributed by atoms with Crippen molar-refractivity contribution in [2.45, 2.75) is 32.5 Å². The first-order valence-electron chi connectivity index (χ1n) is 10.4. The van der Waals surface area contributed by atoms with Gasteiger partial charge in [-0.1, -0.05) is 12.1 Å². The molecular weight excluding hydrogens is 427 g/mol. The fourth-order valence-electron chi connectivity index (χ4n) is 4.03. The zero-order valence-corrected chi connectivity index (χ0v) is 18.9. The number of carbonyl (C=O) groups excluding carboxylic acids is 2. The third kappa shape index (κ3) is 4.02. The highest BCUT2D eigenvalue weighted by Gasteiger charge is 2.49. The Kier molecular flexibility index (Phi) is 5.80. The summed E-state index contributed by atoms with van der Waals surface area (Å²) in [4.78, 5) is 28.6. The number of carbonyl (C=O) groups is 2. The van der Waals surface area contributed by atoms with Gasteiger partial charge in [0.1, 0.15) is 28.5 Å². The van der Waals surface area contributed by atoms with Crippen molar-refractivity contribution in [2.24, 2.45) is 0 Å². The molecule has 0 saturated heterocycles. The average Bonchev–Trinajstić information content (AvgIpc) is 3.18. The summed E-state index contributed by atoms with van der Waals surface area (Å²) in [6, 6.07) is 12.6. The summed E-state index contributed by atoms with van der Waals surface area (Å²) in [5.41, 5.74) is 0.919. The number of aromatic nitrogens is 2. The largest absolute Gasteiger partial charge is 0.497 e. The molecule has 1 aromatic heterocycles. The molecule has 3 aromatic rings. The standard InChI is InChI=1S/C24H25FN4O4/c1-15-11-20-22(30)29(19-10-9-18(32-3)12-21(19)33-4)24(2,14-28(20)27-15)23(31)26-13-16-5-7-17(25)8-6-16/h5-12H,13-14H2,1-4H3,(H,26,31)/t24-/m1/s1. The fourth-order valence-corrected chi connectivity index (χ4v) is 4.03. The molecule has 172 valence electrons. The summed E-state index contributed by atoms with van der Waals surface area (Å²) in [6.07, 6.45) is 0. The molecule has 4 rings (SSSR count). The summed E-state index contributed by atoms with van der Waals surface area (Å²) in [6.45, 7) is 3.81. The lowest BCUT2D eigenvalue weighted by Crippen LogP contribution is -2.64. The predicted octanol–water partition coefficient (Wildman–Crippen LogP) is 3.08. The molecule has 2 aromatic carbocycles. The SMILES string of the molecule is COc1ccc(N2C(=O)c3cc(C)nn3C[C@]2(C)C(=O)NCc2ccc(F)cc2)c(OC)c1. The summed E-state index contributed by atoms with van der Waals surface area (Å²) < 4.78 is 25.6. The number of anilines is 1.